The standard InChI is InChI=1S/C14H29NO/c1-11-9-12(7-8-16-11)15-14(5,6)10-13(2,3)4/h11-12,15H,7-10H2,1-6H3. The van der Waals surface area contributed by atoms with E-state index in [0.29, 0.717) is 17.6 Å². The summed E-state index contributed by atoms with van der Waals surface area (Å²) in [4.78, 5) is 0. The Morgan fingerprint density at radius 2 is 1.81 bits per heavy atom. The fourth-order valence-corrected chi connectivity index (χ4v) is 3.06. The van der Waals surface area contributed by atoms with Crippen LogP contribution in [0.25, 0.3) is 0 Å². The molecular weight excluding hydrogens is 198 g/mol. The van der Waals surface area contributed by atoms with Gasteiger partial charge >= 0.3 is 0 Å². The van der Waals surface area contributed by atoms with Gasteiger partial charge in [0, 0.05) is 18.2 Å². The summed E-state index contributed by atoms with van der Waals surface area (Å²) >= 11 is 0. The number of rotatable bonds is 3. The molecule has 2 nitrogen and oxygen atoms in total. The zero-order valence-electron chi connectivity index (χ0n) is 11.9. The molecular formula is C14H29NO. The second kappa shape index (κ2) is 5.05. The fourth-order valence-electron chi connectivity index (χ4n) is 3.06. The lowest BCUT2D eigenvalue weighted by molar-refractivity contribution is 0.00652. The Morgan fingerprint density at radius 1 is 1.19 bits per heavy atom. The first-order valence-electron chi connectivity index (χ1n) is 6.57. The van der Waals surface area contributed by atoms with Crippen molar-refractivity contribution in [3.05, 3.63) is 0 Å². The highest BCUT2D eigenvalue weighted by Gasteiger charge is 2.29. The minimum atomic E-state index is 0.222. The van der Waals surface area contributed by atoms with Crippen LogP contribution in [0.5, 0.6) is 0 Å². The van der Waals surface area contributed by atoms with Crippen molar-refractivity contribution in [1.29, 1.82) is 0 Å². The summed E-state index contributed by atoms with van der Waals surface area (Å²) in [5.41, 5.74) is 0.604. The maximum Gasteiger partial charge on any atom is 0.0561 e. The third-order valence-electron chi connectivity index (χ3n) is 3.05. The molecule has 1 saturated heterocycles. The van der Waals surface area contributed by atoms with Crippen LogP contribution in [0.15, 0.2) is 0 Å². The van der Waals surface area contributed by atoms with E-state index in [-0.39, 0.29) is 5.54 Å². The molecule has 2 unspecified atom stereocenters. The summed E-state index contributed by atoms with van der Waals surface area (Å²) in [6.45, 7) is 14.6. The summed E-state index contributed by atoms with van der Waals surface area (Å²) < 4.78 is 5.58. The highest BCUT2D eigenvalue weighted by molar-refractivity contribution is 4.88. The van der Waals surface area contributed by atoms with Crippen molar-refractivity contribution >= 4 is 0 Å². The molecule has 0 aromatic rings. The van der Waals surface area contributed by atoms with Gasteiger partial charge in [0.25, 0.3) is 0 Å². The van der Waals surface area contributed by atoms with Crippen LogP contribution < -0.4 is 5.32 Å². The fraction of sp³-hybridized carbons (Fsp3) is 1.00. The summed E-state index contributed by atoms with van der Waals surface area (Å²) in [6.07, 6.45) is 3.91. The Bertz CT molecular complexity index is 217. The molecule has 0 spiro atoms. The summed E-state index contributed by atoms with van der Waals surface area (Å²) in [6, 6.07) is 0.626. The molecule has 1 aliphatic heterocycles. The highest BCUT2D eigenvalue weighted by atomic mass is 16.5. The lowest BCUT2D eigenvalue weighted by Crippen LogP contribution is -2.50. The van der Waals surface area contributed by atoms with Crippen molar-refractivity contribution in [1.82, 2.24) is 5.32 Å². The molecule has 0 bridgehead atoms. The number of ether oxygens (including phenoxy) is 1. The SMILES string of the molecule is CC1CC(NC(C)(C)CC(C)(C)C)CCO1. The van der Waals surface area contributed by atoms with Crippen LogP contribution in [0.2, 0.25) is 0 Å². The Labute approximate surface area is 101 Å². The maximum absolute atomic E-state index is 5.58. The molecule has 1 N–H and O–H groups in total. The quantitative estimate of drug-likeness (QED) is 0.798. The van der Waals surface area contributed by atoms with E-state index in [1.165, 1.54) is 6.42 Å². The van der Waals surface area contributed by atoms with Crippen molar-refractivity contribution in [3.63, 3.8) is 0 Å². The van der Waals surface area contributed by atoms with Crippen LogP contribution in [0.1, 0.15) is 60.8 Å². The van der Waals surface area contributed by atoms with Gasteiger partial charge in [-0.2, -0.15) is 0 Å². The van der Waals surface area contributed by atoms with Crippen LogP contribution in [0.3, 0.4) is 0 Å². The predicted octanol–water partition coefficient (Wildman–Crippen LogP) is 3.36. The molecule has 0 aliphatic carbocycles. The van der Waals surface area contributed by atoms with Crippen molar-refractivity contribution in [2.75, 3.05) is 6.61 Å². The van der Waals surface area contributed by atoms with Crippen molar-refractivity contribution in [2.45, 2.75) is 78.5 Å². The van der Waals surface area contributed by atoms with Gasteiger partial charge < -0.3 is 10.1 Å². The Balaban J connectivity index is 2.45. The van der Waals surface area contributed by atoms with Crippen LogP contribution >= 0.6 is 0 Å². The highest BCUT2D eigenvalue weighted by Crippen LogP contribution is 2.28. The summed E-state index contributed by atoms with van der Waals surface area (Å²) in [7, 11) is 0. The van der Waals surface area contributed by atoms with E-state index in [9.17, 15) is 0 Å². The average Bonchev–Trinajstić information content (AvgIpc) is 1.96. The molecule has 0 radical (unpaired) electrons. The van der Waals surface area contributed by atoms with Gasteiger partial charge in [-0.3, -0.25) is 0 Å². The van der Waals surface area contributed by atoms with E-state index < -0.39 is 0 Å². The largest absolute Gasteiger partial charge is 0.378 e. The van der Waals surface area contributed by atoms with E-state index in [1.807, 2.05) is 0 Å². The topological polar surface area (TPSA) is 21.3 Å². The Morgan fingerprint density at radius 3 is 2.31 bits per heavy atom. The molecule has 1 aliphatic rings. The van der Waals surface area contributed by atoms with Gasteiger partial charge in [-0.15, -0.1) is 0 Å². The van der Waals surface area contributed by atoms with Gasteiger partial charge in [-0.25, -0.2) is 0 Å². The van der Waals surface area contributed by atoms with Crippen LogP contribution in [0, 0.1) is 5.41 Å². The van der Waals surface area contributed by atoms with Gasteiger partial charge in [-0.1, -0.05) is 20.8 Å². The molecule has 2 atom stereocenters. The minimum absolute atomic E-state index is 0.222. The lowest BCUT2D eigenvalue weighted by Gasteiger charge is -2.39. The van der Waals surface area contributed by atoms with Gasteiger partial charge in [0.05, 0.1) is 6.10 Å². The molecule has 1 fully saturated rings. The van der Waals surface area contributed by atoms with Crippen LogP contribution in [0.4, 0.5) is 0 Å². The number of nitrogens with one attached hydrogen (secondary N) is 1. The third kappa shape index (κ3) is 5.31. The molecule has 1 rings (SSSR count). The second-order valence-electron chi connectivity index (χ2n) is 7.17. The molecule has 0 aromatic heterocycles. The normalized spacial score (nSPS) is 28.1. The maximum atomic E-state index is 5.58. The van der Waals surface area contributed by atoms with Crippen molar-refractivity contribution in [2.24, 2.45) is 5.41 Å². The number of hydrogen-bond acceptors (Lipinski definition) is 2. The molecule has 0 aromatic carbocycles. The monoisotopic (exact) mass is 227 g/mol. The Hall–Kier alpha value is -0.0800. The molecule has 16 heavy (non-hydrogen) atoms. The summed E-state index contributed by atoms with van der Waals surface area (Å²) in [5, 5.41) is 3.80. The van der Waals surface area contributed by atoms with Crippen molar-refractivity contribution in [3.8, 4) is 0 Å². The van der Waals surface area contributed by atoms with Gasteiger partial charge in [0.1, 0.15) is 0 Å². The molecule has 0 amide bonds. The molecule has 2 heteroatoms. The lowest BCUT2D eigenvalue weighted by atomic mass is 9.81. The third-order valence-corrected chi connectivity index (χ3v) is 3.05. The molecule has 96 valence electrons. The molecule has 1 heterocycles. The smallest absolute Gasteiger partial charge is 0.0561 e. The van der Waals surface area contributed by atoms with Gasteiger partial charge in [0.15, 0.2) is 0 Å². The zero-order valence-corrected chi connectivity index (χ0v) is 11.9. The first-order valence-corrected chi connectivity index (χ1v) is 6.57. The van der Waals surface area contributed by atoms with E-state index in [0.717, 1.165) is 19.4 Å². The van der Waals surface area contributed by atoms with E-state index in [2.05, 4.69) is 46.9 Å². The van der Waals surface area contributed by atoms with Crippen LogP contribution in [-0.2, 0) is 4.74 Å². The first-order chi connectivity index (χ1) is 7.18. The minimum Gasteiger partial charge on any atom is -0.378 e. The van der Waals surface area contributed by atoms with E-state index in [4.69, 9.17) is 4.74 Å². The van der Waals surface area contributed by atoms with E-state index >= 15 is 0 Å². The van der Waals surface area contributed by atoms with E-state index in [1.54, 1.807) is 0 Å². The number of hydrogen-bond donors (Lipinski definition) is 1. The van der Waals surface area contributed by atoms with Crippen LogP contribution in [-0.4, -0.2) is 24.3 Å². The van der Waals surface area contributed by atoms with Crippen molar-refractivity contribution < 1.29 is 4.74 Å². The molecule has 0 saturated carbocycles. The first kappa shape index (κ1) is 14.0. The predicted molar refractivity (Wildman–Crippen MR) is 69.7 cm³/mol. The van der Waals surface area contributed by atoms with Gasteiger partial charge in [0.2, 0.25) is 0 Å². The zero-order chi connectivity index (χ0) is 12.4. The second-order valence-corrected chi connectivity index (χ2v) is 7.17. The van der Waals surface area contributed by atoms with Gasteiger partial charge in [-0.05, 0) is 45.4 Å². The Kier molecular flexibility index (Phi) is 4.42. The summed E-state index contributed by atoms with van der Waals surface area (Å²) in [5.74, 6) is 0. The average molecular weight is 227 g/mol.